The molecule has 1 N–H and O–H groups in total. The van der Waals surface area contributed by atoms with Gasteiger partial charge in [0.25, 0.3) is 5.56 Å². The number of aromatic nitrogens is 2. The Morgan fingerprint density at radius 2 is 2.09 bits per heavy atom. The van der Waals surface area contributed by atoms with Crippen LogP contribution in [0.25, 0.3) is 10.2 Å². The number of amides is 1. The van der Waals surface area contributed by atoms with Crippen LogP contribution < -0.4 is 16.0 Å². The summed E-state index contributed by atoms with van der Waals surface area (Å²) in [6.45, 7) is 4.01. The van der Waals surface area contributed by atoms with Crippen LogP contribution in [0.3, 0.4) is 0 Å². The zero-order chi connectivity index (χ0) is 22.7. The number of rotatable bonds is 9. The average Bonchev–Trinajstić information content (AvgIpc) is 3.35. The van der Waals surface area contributed by atoms with Crippen molar-refractivity contribution in [2.24, 2.45) is 0 Å². The Kier molecular flexibility index (Phi) is 6.76. The van der Waals surface area contributed by atoms with E-state index in [1.54, 1.807) is 41.7 Å². The van der Waals surface area contributed by atoms with E-state index in [4.69, 9.17) is 0 Å². The number of allylic oxidation sites excluding steroid dienone is 1. The Balaban J connectivity index is 1.51. The lowest BCUT2D eigenvalue weighted by Crippen LogP contribution is -2.49. The number of carbonyl (C=O) groups excluding carboxylic acids is 2. The lowest BCUT2D eigenvalue weighted by atomic mass is 10.1. The maximum atomic E-state index is 13.2. The molecule has 0 spiro atoms. The summed E-state index contributed by atoms with van der Waals surface area (Å²) in [5.74, 6) is -1.88. The number of carboxylic acids is 1. The molecule has 3 aromatic rings. The predicted octanol–water partition coefficient (Wildman–Crippen LogP) is 1.70. The molecule has 0 bridgehead atoms. The van der Waals surface area contributed by atoms with E-state index < -0.39 is 17.9 Å². The van der Waals surface area contributed by atoms with Crippen LogP contribution in [-0.4, -0.2) is 33.2 Å². The van der Waals surface area contributed by atoms with E-state index in [1.807, 2.05) is 6.07 Å². The number of aliphatic carboxylic acids is 1. The molecule has 1 atom stereocenters. The molecule has 0 aliphatic heterocycles. The molecule has 166 valence electrons. The quantitative estimate of drug-likeness (QED) is 0.291. The van der Waals surface area contributed by atoms with Gasteiger partial charge in [0, 0.05) is 11.4 Å². The van der Waals surface area contributed by atoms with Crippen LogP contribution in [0.5, 0.6) is 0 Å². The van der Waals surface area contributed by atoms with Crippen molar-refractivity contribution in [3.8, 4) is 0 Å². The van der Waals surface area contributed by atoms with Crippen molar-refractivity contribution < 1.29 is 14.7 Å². The topological polar surface area (TPSA) is 104 Å². The van der Waals surface area contributed by atoms with Gasteiger partial charge in [0.1, 0.15) is 4.83 Å². The standard InChI is InChI=1S/C23H23N3O4S2/c1-2-11-26-21(28)19-15-9-6-10-17(15)32-20(19)25-23(26)31-13-18(27)24-16(22(29)30)12-14-7-4-3-5-8-14/h2-5,7-8,16H,1,6,9-13H2,(H,24,27)(H,29,30)/p-1/t16-/m0/s1. The normalized spacial score (nSPS) is 13.6. The number of carbonyl (C=O) groups is 2. The van der Waals surface area contributed by atoms with Crippen molar-refractivity contribution >= 4 is 45.2 Å². The molecule has 1 aliphatic carbocycles. The van der Waals surface area contributed by atoms with E-state index in [0.29, 0.717) is 15.4 Å². The molecule has 1 amide bonds. The zero-order valence-corrected chi connectivity index (χ0v) is 19.0. The van der Waals surface area contributed by atoms with E-state index in [2.05, 4.69) is 16.9 Å². The fourth-order valence-corrected chi connectivity index (χ4v) is 5.99. The summed E-state index contributed by atoms with van der Waals surface area (Å²) in [4.78, 5) is 43.7. The number of carboxylic acid groups (broad SMARTS) is 1. The molecule has 0 saturated heterocycles. The minimum Gasteiger partial charge on any atom is -0.548 e. The molecule has 0 unspecified atom stereocenters. The molecule has 2 heterocycles. The van der Waals surface area contributed by atoms with Gasteiger partial charge in [0.2, 0.25) is 5.91 Å². The van der Waals surface area contributed by atoms with Gasteiger partial charge in [-0.15, -0.1) is 17.9 Å². The molecule has 0 saturated carbocycles. The summed E-state index contributed by atoms with van der Waals surface area (Å²) in [6, 6.07) is 7.89. The minimum absolute atomic E-state index is 0.0707. The zero-order valence-electron chi connectivity index (χ0n) is 17.3. The highest BCUT2D eigenvalue weighted by atomic mass is 32.2. The molecule has 1 aromatic carbocycles. The largest absolute Gasteiger partial charge is 0.548 e. The lowest BCUT2D eigenvalue weighted by molar-refractivity contribution is -0.308. The number of fused-ring (bicyclic) bond motifs is 3. The van der Waals surface area contributed by atoms with Crippen LogP contribution in [0, 0.1) is 0 Å². The lowest BCUT2D eigenvalue weighted by Gasteiger charge is -2.20. The molecule has 2 aromatic heterocycles. The first-order chi connectivity index (χ1) is 15.5. The number of aryl methyl sites for hydroxylation is 2. The van der Waals surface area contributed by atoms with Crippen LogP contribution >= 0.6 is 23.1 Å². The summed E-state index contributed by atoms with van der Waals surface area (Å²) in [6.07, 6.45) is 4.66. The van der Waals surface area contributed by atoms with Crippen molar-refractivity contribution in [1.82, 2.24) is 14.9 Å². The fraction of sp³-hybridized carbons (Fsp3) is 0.304. The fourth-order valence-electron chi connectivity index (χ4n) is 3.87. The van der Waals surface area contributed by atoms with E-state index in [9.17, 15) is 19.5 Å². The molecule has 32 heavy (non-hydrogen) atoms. The number of nitrogens with zero attached hydrogens (tertiary/aromatic N) is 2. The number of thiophene rings is 1. The summed E-state index contributed by atoms with van der Waals surface area (Å²) >= 11 is 2.65. The van der Waals surface area contributed by atoms with Crippen LogP contribution in [0.15, 0.2) is 52.9 Å². The van der Waals surface area contributed by atoms with Crippen molar-refractivity contribution in [2.75, 3.05) is 5.75 Å². The monoisotopic (exact) mass is 468 g/mol. The summed E-state index contributed by atoms with van der Waals surface area (Å²) in [5, 5.41) is 15.1. The Bertz CT molecular complexity index is 1230. The Hall–Kier alpha value is -2.91. The van der Waals surface area contributed by atoms with Gasteiger partial charge < -0.3 is 15.2 Å². The highest BCUT2D eigenvalue weighted by Gasteiger charge is 2.23. The number of benzene rings is 1. The van der Waals surface area contributed by atoms with Crippen LogP contribution in [0.4, 0.5) is 0 Å². The first-order valence-corrected chi connectivity index (χ1v) is 12.1. The second kappa shape index (κ2) is 9.70. The maximum absolute atomic E-state index is 13.2. The van der Waals surface area contributed by atoms with Crippen molar-refractivity contribution in [3.05, 3.63) is 69.3 Å². The van der Waals surface area contributed by atoms with Gasteiger partial charge >= 0.3 is 0 Å². The first-order valence-electron chi connectivity index (χ1n) is 10.3. The predicted molar refractivity (Wildman–Crippen MR) is 124 cm³/mol. The number of thioether (sulfide) groups is 1. The second-order valence-electron chi connectivity index (χ2n) is 7.55. The van der Waals surface area contributed by atoms with Crippen molar-refractivity contribution in [3.63, 3.8) is 0 Å². The van der Waals surface area contributed by atoms with E-state index in [1.165, 1.54) is 9.44 Å². The highest BCUT2D eigenvalue weighted by Crippen LogP contribution is 2.35. The van der Waals surface area contributed by atoms with Gasteiger partial charge in [-0.1, -0.05) is 48.2 Å². The van der Waals surface area contributed by atoms with E-state index >= 15 is 0 Å². The maximum Gasteiger partial charge on any atom is 0.263 e. The van der Waals surface area contributed by atoms with Crippen molar-refractivity contribution in [2.45, 2.75) is 43.4 Å². The smallest absolute Gasteiger partial charge is 0.263 e. The van der Waals surface area contributed by atoms with Crippen LogP contribution in [0.2, 0.25) is 0 Å². The SMILES string of the molecule is C=CCn1c(SCC(=O)N[C@@H](Cc2ccccc2)C(=O)[O-])nc2sc3c(c2c1=O)CCC3. The summed E-state index contributed by atoms with van der Waals surface area (Å²) in [7, 11) is 0. The van der Waals surface area contributed by atoms with E-state index in [-0.39, 0.29) is 24.3 Å². The molecular weight excluding hydrogens is 446 g/mol. The third-order valence-corrected chi connectivity index (χ3v) is 7.50. The molecule has 0 radical (unpaired) electrons. The van der Waals surface area contributed by atoms with Crippen LogP contribution in [0.1, 0.15) is 22.4 Å². The van der Waals surface area contributed by atoms with Gasteiger partial charge in [-0.05, 0) is 36.8 Å². The van der Waals surface area contributed by atoms with Gasteiger partial charge in [-0.25, -0.2) is 4.98 Å². The number of hydrogen-bond donors (Lipinski definition) is 1. The van der Waals surface area contributed by atoms with Crippen LogP contribution in [-0.2, 0) is 35.4 Å². The van der Waals surface area contributed by atoms with Gasteiger partial charge in [-0.2, -0.15) is 0 Å². The first kappa shape index (κ1) is 22.3. The highest BCUT2D eigenvalue weighted by molar-refractivity contribution is 7.99. The molecule has 0 fully saturated rings. The molecule has 4 rings (SSSR count). The minimum atomic E-state index is -1.34. The van der Waals surface area contributed by atoms with Gasteiger partial charge in [0.15, 0.2) is 5.16 Å². The van der Waals surface area contributed by atoms with Gasteiger partial charge in [-0.3, -0.25) is 14.2 Å². The molecule has 7 nitrogen and oxygen atoms in total. The van der Waals surface area contributed by atoms with E-state index in [0.717, 1.165) is 42.2 Å². The summed E-state index contributed by atoms with van der Waals surface area (Å²) < 4.78 is 1.53. The second-order valence-corrected chi connectivity index (χ2v) is 9.58. The Morgan fingerprint density at radius 1 is 1.31 bits per heavy atom. The number of nitrogens with one attached hydrogen (secondary N) is 1. The molecule has 1 aliphatic rings. The average molecular weight is 469 g/mol. The summed E-state index contributed by atoms with van der Waals surface area (Å²) in [5.41, 5.74) is 1.77. The van der Waals surface area contributed by atoms with Crippen molar-refractivity contribution in [1.29, 1.82) is 0 Å². The molecule has 9 heteroatoms. The van der Waals surface area contributed by atoms with Gasteiger partial charge in [0.05, 0.1) is 23.2 Å². The Labute approximate surface area is 193 Å². The third-order valence-electron chi connectivity index (χ3n) is 5.34. The molecular formula is C23H22N3O4S2-. The third kappa shape index (κ3) is 4.63. The Morgan fingerprint density at radius 3 is 2.81 bits per heavy atom. The number of hydrogen-bond acceptors (Lipinski definition) is 7.